The minimum Gasteiger partial charge on any atom is -0.390 e. The molecule has 0 aliphatic rings. The molecule has 1 N–H and O–H groups in total. The van der Waals surface area contributed by atoms with Gasteiger partial charge in [0, 0.05) is 12.8 Å². The van der Waals surface area contributed by atoms with Crippen LogP contribution in [0.5, 0.6) is 0 Å². The monoisotopic (exact) mass is 276 g/mol. The first-order chi connectivity index (χ1) is 9.20. The molecule has 1 aromatic heterocycles. The SMILES string of the molecule is Cc1cccc(CCCSc2ncc(CO)n2C)c1. The van der Waals surface area contributed by atoms with E-state index in [4.69, 9.17) is 5.11 Å². The van der Waals surface area contributed by atoms with Crippen molar-refractivity contribution in [3.63, 3.8) is 0 Å². The van der Waals surface area contributed by atoms with Crippen molar-refractivity contribution in [1.29, 1.82) is 0 Å². The summed E-state index contributed by atoms with van der Waals surface area (Å²) in [6.45, 7) is 2.18. The number of benzene rings is 1. The number of rotatable bonds is 6. The molecule has 2 aromatic rings. The molecule has 0 aliphatic heterocycles. The molecule has 0 aliphatic carbocycles. The highest BCUT2D eigenvalue weighted by atomic mass is 32.2. The van der Waals surface area contributed by atoms with Crippen LogP contribution in [-0.2, 0) is 20.1 Å². The maximum absolute atomic E-state index is 9.11. The summed E-state index contributed by atoms with van der Waals surface area (Å²) in [5.74, 6) is 1.05. The van der Waals surface area contributed by atoms with Crippen molar-refractivity contribution in [2.45, 2.75) is 31.5 Å². The Morgan fingerprint density at radius 3 is 2.89 bits per heavy atom. The summed E-state index contributed by atoms with van der Waals surface area (Å²) < 4.78 is 1.96. The Morgan fingerprint density at radius 1 is 1.37 bits per heavy atom. The Balaban J connectivity index is 1.79. The number of imidazole rings is 1. The van der Waals surface area contributed by atoms with E-state index in [0.717, 1.165) is 29.4 Å². The van der Waals surface area contributed by atoms with Gasteiger partial charge in [0.1, 0.15) is 0 Å². The Hall–Kier alpha value is -1.26. The van der Waals surface area contributed by atoms with Gasteiger partial charge in [-0.15, -0.1) is 0 Å². The van der Waals surface area contributed by atoms with Crippen molar-refractivity contribution in [2.75, 3.05) is 5.75 Å². The van der Waals surface area contributed by atoms with E-state index >= 15 is 0 Å². The standard InChI is InChI=1S/C15H20N2OS/c1-12-5-3-6-13(9-12)7-4-8-19-15-16-10-14(11-18)17(15)2/h3,5-6,9-10,18H,4,7-8,11H2,1-2H3. The van der Waals surface area contributed by atoms with E-state index in [-0.39, 0.29) is 6.61 Å². The fourth-order valence-electron chi connectivity index (χ4n) is 2.01. The molecule has 0 radical (unpaired) electrons. The van der Waals surface area contributed by atoms with Crippen molar-refractivity contribution in [3.05, 3.63) is 47.3 Å². The first kappa shape index (κ1) is 14.2. The first-order valence-electron chi connectivity index (χ1n) is 6.50. The lowest BCUT2D eigenvalue weighted by molar-refractivity contribution is 0.271. The van der Waals surface area contributed by atoms with Gasteiger partial charge in [-0.05, 0) is 25.3 Å². The van der Waals surface area contributed by atoms with Crippen molar-refractivity contribution < 1.29 is 5.11 Å². The molecule has 0 atom stereocenters. The molecule has 0 spiro atoms. The fraction of sp³-hybridized carbons (Fsp3) is 0.400. The number of hydrogen-bond acceptors (Lipinski definition) is 3. The van der Waals surface area contributed by atoms with Crippen molar-refractivity contribution in [1.82, 2.24) is 9.55 Å². The van der Waals surface area contributed by atoms with Crippen molar-refractivity contribution in [2.24, 2.45) is 7.05 Å². The van der Waals surface area contributed by atoms with Crippen LogP contribution in [0.1, 0.15) is 23.2 Å². The smallest absolute Gasteiger partial charge is 0.167 e. The summed E-state index contributed by atoms with van der Waals surface area (Å²) in [5, 5.41) is 10.1. The second-order valence-electron chi connectivity index (χ2n) is 4.69. The molecule has 3 nitrogen and oxygen atoms in total. The van der Waals surface area contributed by atoms with Gasteiger partial charge in [0.05, 0.1) is 18.5 Å². The second-order valence-corrected chi connectivity index (χ2v) is 5.75. The number of nitrogens with zero attached hydrogens (tertiary/aromatic N) is 2. The molecule has 4 heteroatoms. The Kier molecular flexibility index (Phi) is 5.05. The van der Waals surface area contributed by atoms with E-state index in [0.29, 0.717) is 0 Å². The Bertz CT molecular complexity index is 537. The molecule has 1 heterocycles. The minimum atomic E-state index is 0.0490. The van der Waals surface area contributed by atoms with Crippen LogP contribution < -0.4 is 0 Å². The lowest BCUT2D eigenvalue weighted by Gasteiger charge is -2.04. The molecule has 0 saturated heterocycles. The number of aliphatic hydroxyl groups excluding tert-OH is 1. The highest BCUT2D eigenvalue weighted by molar-refractivity contribution is 7.99. The van der Waals surface area contributed by atoms with Crippen LogP contribution >= 0.6 is 11.8 Å². The topological polar surface area (TPSA) is 38.1 Å². The van der Waals surface area contributed by atoms with Crippen LogP contribution in [0, 0.1) is 6.92 Å². The zero-order valence-corrected chi connectivity index (χ0v) is 12.3. The quantitative estimate of drug-likeness (QED) is 0.651. The first-order valence-corrected chi connectivity index (χ1v) is 7.49. The van der Waals surface area contributed by atoms with Gasteiger partial charge in [-0.1, -0.05) is 41.6 Å². The van der Waals surface area contributed by atoms with Crippen LogP contribution in [0.2, 0.25) is 0 Å². The summed E-state index contributed by atoms with van der Waals surface area (Å²) in [7, 11) is 1.95. The molecule has 1 aromatic carbocycles. The number of hydrogen-bond donors (Lipinski definition) is 1. The van der Waals surface area contributed by atoms with Crippen LogP contribution in [-0.4, -0.2) is 20.4 Å². The van der Waals surface area contributed by atoms with Gasteiger partial charge in [0.2, 0.25) is 0 Å². The average Bonchev–Trinajstić information content (AvgIpc) is 2.76. The van der Waals surface area contributed by atoms with Gasteiger partial charge < -0.3 is 9.67 Å². The van der Waals surface area contributed by atoms with Gasteiger partial charge >= 0.3 is 0 Å². The van der Waals surface area contributed by atoms with E-state index < -0.39 is 0 Å². The molecule has 19 heavy (non-hydrogen) atoms. The maximum atomic E-state index is 9.11. The van der Waals surface area contributed by atoms with E-state index in [1.807, 2.05) is 11.6 Å². The molecule has 0 bridgehead atoms. The van der Waals surface area contributed by atoms with Gasteiger partial charge in [-0.2, -0.15) is 0 Å². The Morgan fingerprint density at radius 2 is 2.21 bits per heavy atom. The summed E-state index contributed by atoms with van der Waals surface area (Å²) in [6, 6.07) is 8.67. The average molecular weight is 276 g/mol. The molecule has 0 amide bonds. The third-order valence-corrected chi connectivity index (χ3v) is 4.26. The summed E-state index contributed by atoms with van der Waals surface area (Å²) in [4.78, 5) is 4.31. The number of aryl methyl sites for hydroxylation is 2. The molecule has 0 unspecified atom stereocenters. The summed E-state index contributed by atoms with van der Waals surface area (Å²) >= 11 is 1.75. The molecular formula is C15H20N2OS. The zero-order valence-electron chi connectivity index (χ0n) is 11.5. The van der Waals surface area contributed by atoms with Gasteiger partial charge in [0.15, 0.2) is 5.16 Å². The molecule has 102 valence electrons. The number of aliphatic hydroxyl groups is 1. The number of aromatic nitrogens is 2. The van der Waals surface area contributed by atoms with Crippen molar-refractivity contribution >= 4 is 11.8 Å². The van der Waals surface area contributed by atoms with E-state index in [1.165, 1.54) is 11.1 Å². The molecular weight excluding hydrogens is 256 g/mol. The highest BCUT2D eigenvalue weighted by Gasteiger charge is 2.05. The summed E-state index contributed by atoms with van der Waals surface area (Å²) in [5.41, 5.74) is 3.58. The molecule has 2 rings (SSSR count). The normalized spacial score (nSPS) is 10.9. The third kappa shape index (κ3) is 3.85. The minimum absolute atomic E-state index is 0.0490. The maximum Gasteiger partial charge on any atom is 0.167 e. The van der Waals surface area contributed by atoms with E-state index in [2.05, 4.69) is 36.2 Å². The largest absolute Gasteiger partial charge is 0.390 e. The predicted octanol–water partition coefficient (Wildman–Crippen LogP) is 2.95. The lowest BCUT2D eigenvalue weighted by Crippen LogP contribution is -1.98. The van der Waals surface area contributed by atoms with Crippen LogP contribution in [0.4, 0.5) is 0 Å². The highest BCUT2D eigenvalue weighted by Crippen LogP contribution is 2.19. The number of thioether (sulfide) groups is 1. The van der Waals surface area contributed by atoms with Gasteiger partial charge in [-0.3, -0.25) is 0 Å². The lowest BCUT2D eigenvalue weighted by atomic mass is 10.1. The fourth-order valence-corrected chi connectivity index (χ4v) is 2.92. The molecule has 0 saturated carbocycles. The molecule has 0 fully saturated rings. The van der Waals surface area contributed by atoms with Crippen LogP contribution in [0.15, 0.2) is 35.6 Å². The predicted molar refractivity (Wildman–Crippen MR) is 79.4 cm³/mol. The zero-order chi connectivity index (χ0) is 13.7. The van der Waals surface area contributed by atoms with E-state index in [1.54, 1.807) is 18.0 Å². The van der Waals surface area contributed by atoms with Crippen LogP contribution in [0.25, 0.3) is 0 Å². The third-order valence-electron chi connectivity index (χ3n) is 3.13. The van der Waals surface area contributed by atoms with Crippen LogP contribution in [0.3, 0.4) is 0 Å². The van der Waals surface area contributed by atoms with Crippen molar-refractivity contribution in [3.8, 4) is 0 Å². The second kappa shape index (κ2) is 6.78. The van der Waals surface area contributed by atoms with Gasteiger partial charge in [0.25, 0.3) is 0 Å². The summed E-state index contributed by atoms with van der Waals surface area (Å²) in [6.07, 6.45) is 3.98. The Labute approximate surface area is 118 Å². The van der Waals surface area contributed by atoms with E-state index in [9.17, 15) is 0 Å². The van der Waals surface area contributed by atoms with Gasteiger partial charge in [-0.25, -0.2) is 4.98 Å².